The lowest BCUT2D eigenvalue weighted by molar-refractivity contribution is -0.134. The van der Waals surface area contributed by atoms with Crippen molar-refractivity contribution in [3.8, 4) is 17.0 Å². The van der Waals surface area contributed by atoms with Crippen LogP contribution in [0.3, 0.4) is 0 Å². The summed E-state index contributed by atoms with van der Waals surface area (Å²) in [5, 5.41) is 8.17. The van der Waals surface area contributed by atoms with E-state index < -0.39 is 30.5 Å². The summed E-state index contributed by atoms with van der Waals surface area (Å²) in [4.78, 5) is 31.0. The van der Waals surface area contributed by atoms with Gasteiger partial charge in [0.15, 0.2) is 0 Å². The molecule has 0 N–H and O–H groups in total. The minimum atomic E-state index is -4.69. The minimum Gasteiger partial charge on any atom is -0.496 e. The number of carbonyl (C=O) groups is 2. The normalized spacial score (nSPS) is 18.4. The average molecular weight is 561 g/mol. The summed E-state index contributed by atoms with van der Waals surface area (Å²) in [6.45, 7) is 1.19. The summed E-state index contributed by atoms with van der Waals surface area (Å²) in [5.74, 6) is -1.34. The number of methoxy groups -OCH3 is 1. The SMILES string of the molecule is COc1cc(-c2cn(C3CCc4c(F)cccc4N(CC(F)(F)F)C3=O)nn2)ccc1C(=O)N1CCN(C)CC1. The molecule has 3 aromatic rings. The van der Waals surface area contributed by atoms with Crippen LogP contribution in [0.2, 0.25) is 0 Å². The molecule has 1 aromatic heterocycles. The number of ether oxygens (including phenoxy) is 1. The quantitative estimate of drug-likeness (QED) is 0.444. The van der Waals surface area contributed by atoms with E-state index in [1.165, 1.54) is 30.1 Å². The number of hydrogen-bond donors (Lipinski definition) is 0. The van der Waals surface area contributed by atoms with Gasteiger partial charge in [0.2, 0.25) is 0 Å². The van der Waals surface area contributed by atoms with Crippen LogP contribution in [-0.2, 0) is 11.2 Å². The molecule has 1 unspecified atom stereocenters. The number of carbonyl (C=O) groups excluding carboxylic acids is 2. The van der Waals surface area contributed by atoms with Crippen molar-refractivity contribution in [2.45, 2.75) is 25.1 Å². The molecule has 2 amide bonds. The lowest BCUT2D eigenvalue weighted by Gasteiger charge is -2.32. The second kappa shape index (κ2) is 10.9. The van der Waals surface area contributed by atoms with Crippen LogP contribution in [0, 0.1) is 5.82 Å². The van der Waals surface area contributed by atoms with Crippen LogP contribution in [-0.4, -0.2) is 89.7 Å². The van der Waals surface area contributed by atoms with Crippen LogP contribution in [0.4, 0.5) is 23.2 Å². The van der Waals surface area contributed by atoms with E-state index >= 15 is 0 Å². The zero-order chi connectivity index (χ0) is 28.6. The predicted molar refractivity (Wildman–Crippen MR) is 138 cm³/mol. The highest BCUT2D eigenvalue weighted by atomic mass is 19.4. The van der Waals surface area contributed by atoms with E-state index in [1.807, 2.05) is 7.05 Å². The summed E-state index contributed by atoms with van der Waals surface area (Å²) in [5.41, 5.74) is 1.22. The van der Waals surface area contributed by atoms with Crippen molar-refractivity contribution in [1.82, 2.24) is 24.8 Å². The number of hydrogen-bond acceptors (Lipinski definition) is 6. The zero-order valence-electron chi connectivity index (χ0n) is 22.0. The van der Waals surface area contributed by atoms with Gasteiger partial charge in [-0.2, -0.15) is 13.2 Å². The second-order valence-corrected chi connectivity index (χ2v) is 9.93. The maximum absolute atomic E-state index is 14.5. The lowest BCUT2D eigenvalue weighted by Crippen LogP contribution is -2.47. The molecule has 2 aliphatic rings. The van der Waals surface area contributed by atoms with Crippen molar-refractivity contribution in [2.24, 2.45) is 0 Å². The molecule has 0 bridgehead atoms. The molecule has 1 saturated heterocycles. The molecular weight excluding hydrogens is 532 g/mol. The van der Waals surface area contributed by atoms with E-state index in [1.54, 1.807) is 23.1 Å². The van der Waals surface area contributed by atoms with Gasteiger partial charge in [-0.15, -0.1) is 5.10 Å². The number of benzene rings is 2. The third-order valence-corrected chi connectivity index (χ3v) is 7.29. The second-order valence-electron chi connectivity index (χ2n) is 9.93. The van der Waals surface area contributed by atoms with Crippen LogP contribution >= 0.6 is 0 Å². The Hall–Kier alpha value is -4.00. The van der Waals surface area contributed by atoms with Crippen molar-refractivity contribution in [1.29, 1.82) is 0 Å². The maximum Gasteiger partial charge on any atom is 0.406 e. The number of anilines is 1. The zero-order valence-corrected chi connectivity index (χ0v) is 22.0. The molecule has 0 spiro atoms. The van der Waals surface area contributed by atoms with Crippen LogP contribution in [0.1, 0.15) is 28.4 Å². The largest absolute Gasteiger partial charge is 0.496 e. The Morgan fingerprint density at radius 3 is 2.58 bits per heavy atom. The number of nitrogens with zero attached hydrogens (tertiary/aromatic N) is 6. The number of aromatic nitrogens is 3. The van der Waals surface area contributed by atoms with Crippen molar-refractivity contribution in [3.05, 3.63) is 59.5 Å². The van der Waals surface area contributed by atoms with E-state index in [0.717, 1.165) is 19.2 Å². The first-order valence-electron chi connectivity index (χ1n) is 12.8. The minimum absolute atomic E-state index is 0.0334. The van der Waals surface area contributed by atoms with Gasteiger partial charge >= 0.3 is 6.18 Å². The molecule has 9 nitrogen and oxygen atoms in total. The fraction of sp³-hybridized carbons (Fsp3) is 0.407. The number of fused-ring (bicyclic) bond motifs is 1. The highest BCUT2D eigenvalue weighted by Gasteiger charge is 2.40. The number of halogens is 4. The summed E-state index contributed by atoms with van der Waals surface area (Å²) >= 11 is 0. The molecule has 0 saturated carbocycles. The van der Waals surface area contributed by atoms with Crippen molar-refractivity contribution >= 4 is 17.5 Å². The van der Waals surface area contributed by atoms with Crippen molar-refractivity contribution in [2.75, 3.05) is 51.8 Å². The molecule has 0 radical (unpaired) electrons. The topological polar surface area (TPSA) is 83.8 Å². The molecule has 13 heteroatoms. The van der Waals surface area contributed by atoms with Crippen LogP contribution in [0.5, 0.6) is 5.75 Å². The fourth-order valence-electron chi connectivity index (χ4n) is 5.11. The van der Waals surface area contributed by atoms with Gasteiger partial charge in [-0.05, 0) is 44.2 Å². The Labute approximate surface area is 227 Å². The molecule has 2 aromatic carbocycles. The fourth-order valence-corrected chi connectivity index (χ4v) is 5.11. The Balaban J connectivity index is 1.42. The third-order valence-electron chi connectivity index (χ3n) is 7.29. The third kappa shape index (κ3) is 5.51. The molecular formula is C27H28F4N6O3. The summed E-state index contributed by atoms with van der Waals surface area (Å²) in [7, 11) is 3.45. The molecule has 212 valence electrons. The van der Waals surface area contributed by atoms with E-state index in [4.69, 9.17) is 4.74 Å². The molecule has 3 heterocycles. The van der Waals surface area contributed by atoms with E-state index in [0.29, 0.717) is 40.6 Å². The van der Waals surface area contributed by atoms with Gasteiger partial charge in [0, 0.05) is 37.3 Å². The van der Waals surface area contributed by atoms with Crippen LogP contribution in [0.25, 0.3) is 11.3 Å². The smallest absolute Gasteiger partial charge is 0.406 e. The number of likely N-dealkylation sites (N-methyl/N-ethyl adjacent to an activating group) is 1. The van der Waals surface area contributed by atoms with E-state index in [2.05, 4.69) is 15.2 Å². The van der Waals surface area contributed by atoms with Crippen molar-refractivity contribution in [3.63, 3.8) is 0 Å². The number of rotatable bonds is 5. The van der Waals surface area contributed by atoms with Crippen LogP contribution < -0.4 is 9.64 Å². The summed E-state index contributed by atoms with van der Waals surface area (Å²) < 4.78 is 61.5. The predicted octanol–water partition coefficient (Wildman–Crippen LogP) is 3.56. The molecule has 0 aliphatic carbocycles. The molecule has 1 fully saturated rings. The number of amides is 2. The van der Waals surface area contributed by atoms with Gasteiger partial charge in [-0.3, -0.25) is 9.59 Å². The van der Waals surface area contributed by atoms with Gasteiger partial charge in [0.05, 0.1) is 24.6 Å². The lowest BCUT2D eigenvalue weighted by atomic mass is 10.0. The highest BCUT2D eigenvalue weighted by Crippen LogP contribution is 2.35. The maximum atomic E-state index is 14.5. The Morgan fingerprint density at radius 1 is 1.12 bits per heavy atom. The molecule has 5 rings (SSSR count). The van der Waals surface area contributed by atoms with Gasteiger partial charge in [0.1, 0.15) is 29.8 Å². The first kappa shape index (κ1) is 27.6. The van der Waals surface area contributed by atoms with Gasteiger partial charge in [-0.1, -0.05) is 17.3 Å². The Bertz CT molecular complexity index is 1420. The Morgan fingerprint density at radius 2 is 1.88 bits per heavy atom. The molecule has 1 atom stereocenters. The Kier molecular flexibility index (Phi) is 7.49. The summed E-state index contributed by atoms with van der Waals surface area (Å²) in [6, 6.07) is 7.57. The highest BCUT2D eigenvalue weighted by molar-refractivity contribution is 5.98. The molecule has 2 aliphatic heterocycles. The summed E-state index contributed by atoms with van der Waals surface area (Å²) in [6.07, 6.45) is -3.16. The standard InChI is InChI=1S/C27H28F4N6O3/c1-34-10-12-35(13-11-34)25(38)19-7-6-17(14-24(19)40-2)21-15-37(33-32-21)23-9-8-18-20(28)4-3-5-22(18)36(26(23)39)16-27(29,30)31/h3-7,14-15,23H,8-13,16H2,1-2H3. The van der Waals surface area contributed by atoms with E-state index in [-0.39, 0.29) is 30.0 Å². The first-order chi connectivity index (χ1) is 19.1. The average Bonchev–Trinajstić information content (AvgIpc) is 3.37. The number of alkyl halides is 3. The van der Waals surface area contributed by atoms with Gasteiger partial charge in [0.25, 0.3) is 11.8 Å². The van der Waals surface area contributed by atoms with Gasteiger partial charge < -0.3 is 19.4 Å². The number of piperazine rings is 1. The monoisotopic (exact) mass is 560 g/mol. The van der Waals surface area contributed by atoms with Crippen molar-refractivity contribution < 1.29 is 31.9 Å². The molecule has 40 heavy (non-hydrogen) atoms. The van der Waals surface area contributed by atoms with Gasteiger partial charge in [-0.25, -0.2) is 9.07 Å². The first-order valence-corrected chi connectivity index (χ1v) is 12.8. The van der Waals surface area contributed by atoms with E-state index in [9.17, 15) is 27.2 Å². The van der Waals surface area contributed by atoms with Crippen LogP contribution in [0.15, 0.2) is 42.6 Å².